The lowest BCUT2D eigenvalue weighted by molar-refractivity contribution is -0.143. The summed E-state index contributed by atoms with van der Waals surface area (Å²) in [4.78, 5) is 30.6. The molecule has 3 aromatic rings. The molecule has 7 nitrogen and oxygen atoms in total. The number of carbonyl (C=O) groups is 2. The third kappa shape index (κ3) is 7.20. The summed E-state index contributed by atoms with van der Waals surface area (Å²) in [6.45, 7) is 2.16. The molecule has 0 spiro atoms. The van der Waals surface area contributed by atoms with Crippen molar-refractivity contribution in [3.63, 3.8) is 0 Å². The lowest BCUT2D eigenvalue weighted by Gasteiger charge is -2.41. The highest BCUT2D eigenvalue weighted by molar-refractivity contribution is 5.96. The van der Waals surface area contributed by atoms with Gasteiger partial charge in [0, 0.05) is 19.0 Å². The van der Waals surface area contributed by atoms with Gasteiger partial charge in [-0.1, -0.05) is 42.5 Å². The summed E-state index contributed by atoms with van der Waals surface area (Å²) in [6.07, 6.45) is -11.3. The predicted octanol–water partition coefficient (Wildman–Crippen LogP) is 7.35. The first kappa shape index (κ1) is 33.5. The van der Waals surface area contributed by atoms with Crippen molar-refractivity contribution in [3.8, 4) is 0 Å². The molecule has 6 rings (SSSR count). The van der Waals surface area contributed by atoms with Gasteiger partial charge in [0.15, 0.2) is 6.61 Å². The number of fused-ring (bicyclic) bond motifs is 1. The second-order valence-electron chi connectivity index (χ2n) is 12.3. The highest BCUT2D eigenvalue weighted by Crippen LogP contribution is 2.49. The standard InChI is InChI=1S/C35H32F6N2O5/c1-20-7-5-6-10-26(20)31-27-17-43(33-42-30(44)19-47-33)16-22(27)11-12-28(31)48-29(18-46-32(45)21-8-3-2-4-9-21)23-13-24(34(36,37)38)15-25(14-23)35(39,40)41/h2-10,13-15,22,27-29,31H,11-12,16-19H2,1H3/t22-,27+,28+,29+,31+/m1/s1. The third-order valence-corrected chi connectivity index (χ3v) is 9.23. The molecule has 0 N–H and O–H groups in total. The molecule has 0 radical (unpaired) electrons. The minimum absolute atomic E-state index is 0.0591. The Morgan fingerprint density at radius 3 is 2.23 bits per heavy atom. The summed E-state index contributed by atoms with van der Waals surface area (Å²) in [5, 5.41) is 0. The van der Waals surface area contributed by atoms with Gasteiger partial charge in [-0.25, -0.2) is 4.79 Å². The molecule has 0 aromatic heterocycles. The van der Waals surface area contributed by atoms with Crippen LogP contribution in [-0.4, -0.2) is 55.2 Å². The smallest absolute Gasteiger partial charge is 0.416 e. The second kappa shape index (κ2) is 13.3. The van der Waals surface area contributed by atoms with E-state index in [-0.39, 0.29) is 47.9 Å². The van der Waals surface area contributed by atoms with E-state index < -0.39 is 53.8 Å². The first-order valence-electron chi connectivity index (χ1n) is 15.5. The molecule has 0 unspecified atom stereocenters. The van der Waals surface area contributed by atoms with Crippen LogP contribution in [0, 0.1) is 18.8 Å². The molecular weight excluding hydrogens is 642 g/mol. The van der Waals surface area contributed by atoms with Crippen LogP contribution in [-0.2, 0) is 31.4 Å². The van der Waals surface area contributed by atoms with Crippen LogP contribution in [0.15, 0.2) is 77.8 Å². The molecular formula is C35H32F6N2O5. The van der Waals surface area contributed by atoms with Gasteiger partial charge in [-0.3, -0.25) is 4.79 Å². The van der Waals surface area contributed by atoms with E-state index in [9.17, 15) is 35.9 Å². The van der Waals surface area contributed by atoms with Gasteiger partial charge in [-0.15, -0.1) is 0 Å². The minimum Gasteiger partial charge on any atom is -0.459 e. The molecule has 0 bridgehead atoms. The van der Waals surface area contributed by atoms with Gasteiger partial charge in [-0.05, 0) is 78.6 Å². The Balaban J connectivity index is 1.37. The SMILES string of the molecule is Cc1ccccc1[C@H]1[C@H]2CN(C3=NC(=O)CO3)C[C@H]2CC[C@@H]1O[C@@H](COC(=O)c1ccccc1)c1cc(C(F)(F)F)cc(C(F)(F)F)c1. The number of aliphatic imine (C=N–C) groups is 1. The van der Waals surface area contributed by atoms with Crippen LogP contribution in [0.5, 0.6) is 0 Å². The van der Waals surface area contributed by atoms with E-state index in [1.54, 1.807) is 18.2 Å². The van der Waals surface area contributed by atoms with Gasteiger partial charge in [0.1, 0.15) is 12.7 Å². The van der Waals surface area contributed by atoms with E-state index in [1.807, 2.05) is 36.1 Å². The predicted molar refractivity (Wildman–Crippen MR) is 161 cm³/mol. The molecule has 2 fully saturated rings. The molecule has 1 saturated heterocycles. The van der Waals surface area contributed by atoms with Crippen molar-refractivity contribution in [2.75, 3.05) is 26.3 Å². The molecule has 2 aliphatic heterocycles. The van der Waals surface area contributed by atoms with Crippen molar-refractivity contribution in [2.24, 2.45) is 16.8 Å². The largest absolute Gasteiger partial charge is 0.459 e. The molecule has 3 aromatic carbocycles. The fraction of sp³-hybridized carbons (Fsp3) is 0.400. The molecule has 254 valence electrons. The number of aryl methyl sites for hydroxylation is 1. The van der Waals surface area contributed by atoms with Crippen molar-refractivity contribution in [1.29, 1.82) is 0 Å². The summed E-state index contributed by atoms with van der Waals surface area (Å²) in [6, 6.07) is 17.0. The quantitative estimate of drug-likeness (QED) is 0.193. The molecule has 1 saturated carbocycles. The number of halogens is 6. The van der Waals surface area contributed by atoms with Crippen molar-refractivity contribution in [2.45, 2.75) is 50.2 Å². The number of esters is 1. The van der Waals surface area contributed by atoms with Crippen LogP contribution in [0.2, 0.25) is 0 Å². The highest BCUT2D eigenvalue weighted by Gasteiger charge is 2.48. The van der Waals surface area contributed by atoms with Gasteiger partial charge in [-0.2, -0.15) is 31.3 Å². The van der Waals surface area contributed by atoms with Crippen molar-refractivity contribution < 1.29 is 50.1 Å². The first-order valence-corrected chi connectivity index (χ1v) is 15.5. The zero-order valence-electron chi connectivity index (χ0n) is 25.8. The molecule has 2 heterocycles. The average Bonchev–Trinajstić information content (AvgIpc) is 3.69. The number of hydrogen-bond donors (Lipinski definition) is 0. The van der Waals surface area contributed by atoms with Crippen LogP contribution in [0.25, 0.3) is 0 Å². The zero-order valence-corrected chi connectivity index (χ0v) is 25.8. The monoisotopic (exact) mass is 674 g/mol. The summed E-state index contributed by atoms with van der Waals surface area (Å²) in [5.41, 5.74) is -1.38. The molecule has 13 heteroatoms. The number of hydrogen-bond acceptors (Lipinski definition) is 6. The number of ether oxygens (including phenoxy) is 3. The van der Waals surface area contributed by atoms with Gasteiger partial charge >= 0.3 is 18.3 Å². The molecule has 1 aliphatic carbocycles. The maximum atomic E-state index is 13.9. The Hall–Kier alpha value is -4.39. The topological polar surface area (TPSA) is 77.4 Å². The van der Waals surface area contributed by atoms with E-state index in [4.69, 9.17) is 14.2 Å². The summed E-state index contributed by atoms with van der Waals surface area (Å²) in [5.74, 6) is -1.48. The third-order valence-electron chi connectivity index (χ3n) is 9.23. The lowest BCUT2D eigenvalue weighted by atomic mass is 9.68. The van der Waals surface area contributed by atoms with E-state index in [0.29, 0.717) is 38.1 Å². The molecule has 3 aliphatic rings. The maximum absolute atomic E-state index is 13.9. The van der Waals surface area contributed by atoms with E-state index in [1.165, 1.54) is 12.1 Å². The summed E-state index contributed by atoms with van der Waals surface area (Å²) < 4.78 is 101. The fourth-order valence-corrected chi connectivity index (χ4v) is 7.00. The number of rotatable bonds is 7. The first-order chi connectivity index (χ1) is 22.8. The number of amides is 1. The van der Waals surface area contributed by atoms with Crippen molar-refractivity contribution in [1.82, 2.24) is 4.90 Å². The molecule has 48 heavy (non-hydrogen) atoms. The van der Waals surface area contributed by atoms with Crippen LogP contribution in [0.4, 0.5) is 26.3 Å². The Morgan fingerprint density at radius 2 is 1.60 bits per heavy atom. The Bertz CT molecular complexity index is 1660. The van der Waals surface area contributed by atoms with Crippen LogP contribution in [0.1, 0.15) is 63.0 Å². The summed E-state index contributed by atoms with van der Waals surface area (Å²) >= 11 is 0. The number of benzene rings is 3. The Labute approximate surface area is 272 Å². The minimum atomic E-state index is -5.08. The van der Waals surface area contributed by atoms with Crippen molar-refractivity contribution >= 4 is 17.9 Å². The van der Waals surface area contributed by atoms with E-state index in [2.05, 4.69) is 4.99 Å². The highest BCUT2D eigenvalue weighted by atomic mass is 19.4. The molecule has 5 atom stereocenters. The van der Waals surface area contributed by atoms with Gasteiger partial charge in [0.25, 0.3) is 11.9 Å². The lowest BCUT2D eigenvalue weighted by Crippen LogP contribution is -2.39. The average molecular weight is 675 g/mol. The number of likely N-dealkylation sites (tertiary alicyclic amines) is 1. The number of carbonyl (C=O) groups excluding carboxylic acids is 2. The van der Waals surface area contributed by atoms with Crippen LogP contribution in [0.3, 0.4) is 0 Å². The van der Waals surface area contributed by atoms with Gasteiger partial charge < -0.3 is 19.1 Å². The van der Waals surface area contributed by atoms with E-state index >= 15 is 0 Å². The van der Waals surface area contributed by atoms with Crippen molar-refractivity contribution in [3.05, 3.63) is 106 Å². The zero-order chi connectivity index (χ0) is 34.2. The van der Waals surface area contributed by atoms with Crippen LogP contribution < -0.4 is 0 Å². The normalized spacial score (nSPS) is 23.4. The van der Waals surface area contributed by atoms with Gasteiger partial charge in [0.2, 0.25) is 0 Å². The molecule has 1 amide bonds. The second-order valence-corrected chi connectivity index (χ2v) is 12.3. The Morgan fingerprint density at radius 1 is 0.938 bits per heavy atom. The van der Waals surface area contributed by atoms with Crippen LogP contribution >= 0.6 is 0 Å². The Kier molecular flexibility index (Phi) is 9.25. The maximum Gasteiger partial charge on any atom is 0.416 e. The summed E-state index contributed by atoms with van der Waals surface area (Å²) in [7, 11) is 0. The number of nitrogens with zero attached hydrogens (tertiary/aromatic N) is 2. The van der Waals surface area contributed by atoms with Gasteiger partial charge in [0.05, 0.1) is 22.8 Å². The fourth-order valence-electron chi connectivity index (χ4n) is 7.00. The van der Waals surface area contributed by atoms with E-state index in [0.717, 1.165) is 11.1 Å². The number of alkyl halides is 6. The number of amidine groups is 1.